The highest BCUT2D eigenvalue weighted by Gasteiger charge is 2.41. The molecular formula is C18H32Si3. The molecule has 2 aliphatic carbocycles. The maximum Gasteiger partial charge on any atom is 0.111 e. The third-order valence-electron chi connectivity index (χ3n) is 4.83. The number of hydrogen-bond acceptors (Lipinski definition) is 0. The molecule has 0 atom stereocenters. The van der Waals surface area contributed by atoms with E-state index in [0.29, 0.717) is 0 Å². The lowest BCUT2D eigenvalue weighted by atomic mass is 10.5. The Morgan fingerprint density at radius 3 is 1.10 bits per heavy atom. The molecule has 3 heteroatoms. The second-order valence-electron chi connectivity index (χ2n) is 9.07. The second-order valence-corrected chi connectivity index (χ2v) is 23.5. The number of hydrogen-bond donors (Lipinski definition) is 0. The summed E-state index contributed by atoms with van der Waals surface area (Å²) in [5.74, 6) is 0. The monoisotopic (exact) mass is 332 g/mol. The molecule has 0 spiro atoms. The van der Waals surface area contributed by atoms with Crippen molar-refractivity contribution < 1.29 is 0 Å². The van der Waals surface area contributed by atoms with Crippen LogP contribution in [0.5, 0.6) is 0 Å². The molecule has 0 aromatic rings. The van der Waals surface area contributed by atoms with Crippen LogP contribution in [0.4, 0.5) is 0 Å². The van der Waals surface area contributed by atoms with Gasteiger partial charge in [-0.05, 0) is 12.8 Å². The molecule has 116 valence electrons. The first-order valence-electron chi connectivity index (χ1n) is 8.29. The molecule has 0 N–H and O–H groups in total. The molecule has 0 fully saturated rings. The minimum Gasteiger partial charge on any atom is -0.0816 e. The van der Waals surface area contributed by atoms with E-state index in [0.717, 1.165) is 0 Å². The average molecular weight is 333 g/mol. The third kappa shape index (κ3) is 3.20. The highest BCUT2D eigenvalue weighted by molar-refractivity contribution is 6.99. The van der Waals surface area contributed by atoms with Crippen molar-refractivity contribution in [3.63, 3.8) is 0 Å². The Bertz CT molecular complexity index is 508. The molecule has 0 heterocycles. The first-order valence-corrected chi connectivity index (χ1v) is 18.3. The maximum atomic E-state index is 2.59. The molecule has 0 amide bonds. The van der Waals surface area contributed by atoms with E-state index < -0.39 is 24.2 Å². The first kappa shape index (κ1) is 17.0. The minimum atomic E-state index is -1.53. The molecule has 2 aliphatic rings. The zero-order chi connectivity index (χ0) is 16.1. The fraction of sp³-hybridized carbons (Fsp3) is 0.556. The molecule has 0 bridgehead atoms. The van der Waals surface area contributed by atoms with Crippen LogP contribution >= 0.6 is 0 Å². The van der Waals surface area contributed by atoms with Crippen LogP contribution in [-0.2, 0) is 0 Å². The van der Waals surface area contributed by atoms with E-state index in [1.807, 2.05) is 0 Å². The normalized spacial score (nSPS) is 20.2. The Labute approximate surface area is 134 Å². The third-order valence-corrected chi connectivity index (χ3v) is 13.2. The van der Waals surface area contributed by atoms with Crippen LogP contribution in [0.2, 0.25) is 52.4 Å². The van der Waals surface area contributed by atoms with Crippen molar-refractivity contribution in [2.75, 3.05) is 0 Å². The van der Waals surface area contributed by atoms with Crippen LogP contribution in [0.1, 0.15) is 12.8 Å². The van der Waals surface area contributed by atoms with Gasteiger partial charge in [0.2, 0.25) is 0 Å². The highest BCUT2D eigenvalue weighted by atomic mass is 28.3. The number of allylic oxidation sites excluding steroid dienone is 8. The summed E-state index contributed by atoms with van der Waals surface area (Å²) in [7, 11) is -3.98. The van der Waals surface area contributed by atoms with E-state index in [2.05, 4.69) is 76.7 Å². The van der Waals surface area contributed by atoms with Crippen molar-refractivity contribution in [1.82, 2.24) is 0 Å². The Hall–Kier alpha value is -0.389. The van der Waals surface area contributed by atoms with Crippen LogP contribution in [0.15, 0.2) is 45.1 Å². The molecule has 0 aromatic heterocycles. The van der Waals surface area contributed by atoms with Gasteiger partial charge in [0.1, 0.15) is 8.07 Å². The van der Waals surface area contributed by atoms with E-state index in [1.54, 1.807) is 20.8 Å². The van der Waals surface area contributed by atoms with E-state index in [-0.39, 0.29) is 0 Å². The van der Waals surface area contributed by atoms with E-state index in [1.165, 1.54) is 12.8 Å². The molecule has 0 unspecified atom stereocenters. The summed E-state index contributed by atoms with van der Waals surface area (Å²) in [6.45, 7) is 20.2. The molecule has 0 nitrogen and oxygen atoms in total. The van der Waals surface area contributed by atoms with Gasteiger partial charge in [-0.25, -0.2) is 0 Å². The van der Waals surface area contributed by atoms with E-state index >= 15 is 0 Å². The smallest absolute Gasteiger partial charge is 0.0816 e. The molecule has 0 saturated carbocycles. The van der Waals surface area contributed by atoms with Crippen molar-refractivity contribution in [2.24, 2.45) is 0 Å². The summed E-state index contributed by atoms with van der Waals surface area (Å²) in [5.41, 5.74) is 0. The Morgan fingerprint density at radius 1 is 0.524 bits per heavy atom. The molecule has 0 aromatic carbocycles. The standard InChI is InChI=1S/C18H32Si3/c1-19(2,3)15-11-9-13-17(15)21(7,8)18-14-10-12-16(18)20(4,5)6/h11-14H,9-10H2,1-8H3. The maximum absolute atomic E-state index is 2.59. The van der Waals surface area contributed by atoms with E-state index in [9.17, 15) is 0 Å². The van der Waals surface area contributed by atoms with Crippen LogP contribution in [0.3, 0.4) is 0 Å². The molecule has 0 saturated heterocycles. The van der Waals surface area contributed by atoms with Gasteiger partial charge in [0, 0.05) is 0 Å². The molecule has 21 heavy (non-hydrogen) atoms. The van der Waals surface area contributed by atoms with Gasteiger partial charge in [-0.1, -0.05) is 97.5 Å². The van der Waals surface area contributed by atoms with Gasteiger partial charge < -0.3 is 0 Å². The van der Waals surface area contributed by atoms with E-state index in [4.69, 9.17) is 0 Å². The van der Waals surface area contributed by atoms with Gasteiger partial charge in [-0.3, -0.25) is 0 Å². The Morgan fingerprint density at radius 2 is 0.810 bits per heavy atom. The summed E-state index contributed by atoms with van der Waals surface area (Å²) >= 11 is 0. The summed E-state index contributed by atoms with van der Waals surface area (Å²) in [6.07, 6.45) is 12.5. The summed E-state index contributed by atoms with van der Waals surface area (Å²) in [5, 5.41) is 7.03. The van der Waals surface area contributed by atoms with Crippen LogP contribution < -0.4 is 0 Å². The van der Waals surface area contributed by atoms with Gasteiger partial charge in [-0.2, -0.15) is 0 Å². The van der Waals surface area contributed by atoms with Crippen molar-refractivity contribution >= 4 is 24.2 Å². The topological polar surface area (TPSA) is 0 Å². The quantitative estimate of drug-likeness (QED) is 0.550. The number of rotatable bonds is 4. The molecule has 2 rings (SSSR count). The molecule has 0 radical (unpaired) electrons. The van der Waals surface area contributed by atoms with Gasteiger partial charge in [0.15, 0.2) is 0 Å². The summed E-state index contributed by atoms with van der Waals surface area (Å²) in [4.78, 5) is 0. The summed E-state index contributed by atoms with van der Waals surface area (Å²) < 4.78 is 0. The largest absolute Gasteiger partial charge is 0.111 e. The van der Waals surface area contributed by atoms with Crippen molar-refractivity contribution in [3.8, 4) is 0 Å². The van der Waals surface area contributed by atoms with Gasteiger partial charge in [0.25, 0.3) is 0 Å². The second kappa shape index (κ2) is 5.36. The summed E-state index contributed by atoms with van der Waals surface area (Å²) in [6, 6.07) is 0. The van der Waals surface area contributed by atoms with Crippen molar-refractivity contribution in [1.29, 1.82) is 0 Å². The predicted octanol–water partition coefficient (Wildman–Crippen LogP) is 6.04. The Kier molecular flexibility index (Phi) is 4.33. The van der Waals surface area contributed by atoms with Gasteiger partial charge in [-0.15, -0.1) is 0 Å². The lowest BCUT2D eigenvalue weighted by Crippen LogP contribution is -2.41. The van der Waals surface area contributed by atoms with Crippen LogP contribution in [-0.4, -0.2) is 24.2 Å². The lowest BCUT2D eigenvalue weighted by molar-refractivity contribution is 1.43. The zero-order valence-electron chi connectivity index (χ0n) is 15.2. The zero-order valence-corrected chi connectivity index (χ0v) is 18.2. The highest BCUT2D eigenvalue weighted by Crippen LogP contribution is 2.43. The lowest BCUT2D eigenvalue weighted by Gasteiger charge is -2.36. The van der Waals surface area contributed by atoms with Gasteiger partial charge >= 0.3 is 0 Å². The fourth-order valence-corrected chi connectivity index (χ4v) is 14.3. The first-order chi connectivity index (χ1) is 9.45. The van der Waals surface area contributed by atoms with Crippen LogP contribution in [0.25, 0.3) is 0 Å². The van der Waals surface area contributed by atoms with Crippen molar-refractivity contribution in [2.45, 2.75) is 65.2 Å². The molecular weight excluding hydrogens is 300 g/mol. The van der Waals surface area contributed by atoms with Gasteiger partial charge in [0.05, 0.1) is 16.1 Å². The fourth-order valence-electron chi connectivity index (χ4n) is 3.78. The predicted molar refractivity (Wildman–Crippen MR) is 106 cm³/mol. The molecule has 0 aliphatic heterocycles. The SMILES string of the molecule is C[Si](C)(C)C1=CCC=C1[Si](C)(C)C1=CCC=C1[Si](C)(C)C. The van der Waals surface area contributed by atoms with Crippen molar-refractivity contribution in [3.05, 3.63) is 45.1 Å². The Balaban J connectivity index is 2.41. The average Bonchev–Trinajstić information content (AvgIpc) is 2.97. The minimum absolute atomic E-state index is 1.17. The van der Waals surface area contributed by atoms with Crippen LogP contribution in [0, 0.1) is 0 Å².